The van der Waals surface area contributed by atoms with E-state index in [0.29, 0.717) is 44.1 Å². The molecule has 0 saturated heterocycles. The molecule has 0 bridgehead atoms. The Balaban J connectivity index is 2.00. The Bertz CT molecular complexity index is 1110. The maximum absolute atomic E-state index is 12.3. The molecule has 45 heavy (non-hydrogen) atoms. The van der Waals surface area contributed by atoms with Crippen molar-refractivity contribution in [1.82, 2.24) is 0 Å². The first-order chi connectivity index (χ1) is 21.5. The molecule has 5 N–H and O–H groups in total. The van der Waals surface area contributed by atoms with E-state index in [1.807, 2.05) is 19.9 Å². The van der Waals surface area contributed by atoms with E-state index in [1.54, 1.807) is 0 Å². The largest absolute Gasteiger partial charge is 0.396 e. The summed E-state index contributed by atoms with van der Waals surface area (Å²) >= 11 is 0. The molecule has 0 aromatic carbocycles. The van der Waals surface area contributed by atoms with Crippen LogP contribution in [0.4, 0.5) is 0 Å². The summed E-state index contributed by atoms with van der Waals surface area (Å²) in [5.74, 6) is -0.526. The minimum absolute atomic E-state index is 0.00406. The Morgan fingerprint density at radius 1 is 1.09 bits per heavy atom. The number of aldehydes is 1. The predicted octanol–water partition coefficient (Wildman–Crippen LogP) is 6.05. The zero-order valence-corrected chi connectivity index (χ0v) is 28.3. The Kier molecular flexibility index (Phi) is 14.9. The number of carbonyl (C=O) groups excluding carboxylic acids is 1. The third-order valence-corrected chi connectivity index (χ3v) is 10.8. The second kappa shape index (κ2) is 17.9. The Labute approximate surface area is 271 Å². The van der Waals surface area contributed by atoms with Crippen LogP contribution < -0.4 is 0 Å². The van der Waals surface area contributed by atoms with Crippen LogP contribution in [0, 0.1) is 17.3 Å². The average Bonchev–Trinajstić information content (AvgIpc) is 3.37. The Hall–Kier alpha value is -1.87. The number of allylic oxidation sites excluding steroid dienone is 9. The van der Waals surface area contributed by atoms with Crippen LogP contribution in [0.5, 0.6) is 0 Å². The molecule has 6 atom stereocenters. The van der Waals surface area contributed by atoms with E-state index in [9.17, 15) is 30.3 Å². The van der Waals surface area contributed by atoms with Crippen LogP contribution in [0.2, 0.25) is 0 Å². The third kappa shape index (κ3) is 9.36. The van der Waals surface area contributed by atoms with Crippen LogP contribution in [-0.2, 0) is 9.53 Å². The van der Waals surface area contributed by atoms with Crippen molar-refractivity contribution in [3.05, 3.63) is 57.7 Å². The van der Waals surface area contributed by atoms with Crippen LogP contribution in [-0.4, -0.2) is 76.1 Å². The minimum Gasteiger partial charge on any atom is -0.396 e. The molecule has 3 aliphatic rings. The summed E-state index contributed by atoms with van der Waals surface area (Å²) in [5, 5.41) is 53.2. The van der Waals surface area contributed by atoms with Gasteiger partial charge in [-0.25, -0.2) is 0 Å². The molecule has 7 nitrogen and oxygen atoms in total. The third-order valence-electron chi connectivity index (χ3n) is 10.8. The highest BCUT2D eigenvalue weighted by atomic mass is 16.5. The lowest BCUT2D eigenvalue weighted by Gasteiger charge is -2.55. The zero-order chi connectivity index (χ0) is 33.0. The molecular formula is C38H60O7. The van der Waals surface area contributed by atoms with E-state index in [4.69, 9.17) is 4.74 Å². The first-order valence-corrected chi connectivity index (χ1v) is 17.3. The molecule has 3 fully saturated rings. The highest BCUT2D eigenvalue weighted by Gasteiger charge is 2.64. The normalized spacial score (nSPS) is 31.0. The fourth-order valence-electron chi connectivity index (χ4n) is 8.29. The lowest BCUT2D eigenvalue weighted by molar-refractivity contribution is -0.167. The molecule has 3 saturated carbocycles. The van der Waals surface area contributed by atoms with Crippen molar-refractivity contribution in [3.8, 4) is 0 Å². The van der Waals surface area contributed by atoms with Gasteiger partial charge in [0.1, 0.15) is 12.4 Å². The molecule has 0 aromatic rings. The van der Waals surface area contributed by atoms with Crippen molar-refractivity contribution in [3.63, 3.8) is 0 Å². The summed E-state index contributed by atoms with van der Waals surface area (Å²) < 4.78 is 5.88. The van der Waals surface area contributed by atoms with Gasteiger partial charge in [-0.2, -0.15) is 0 Å². The van der Waals surface area contributed by atoms with E-state index in [2.05, 4.69) is 32.1 Å². The monoisotopic (exact) mass is 628 g/mol. The van der Waals surface area contributed by atoms with E-state index in [0.717, 1.165) is 43.1 Å². The van der Waals surface area contributed by atoms with Crippen LogP contribution in [0.25, 0.3) is 0 Å². The number of rotatable bonds is 15. The van der Waals surface area contributed by atoms with E-state index >= 15 is 0 Å². The first kappa shape index (κ1) is 37.6. The number of carbonyl (C=O) groups is 1. The summed E-state index contributed by atoms with van der Waals surface area (Å²) in [6.07, 6.45) is 18.9. The quantitative estimate of drug-likeness (QED) is 0.0647. The summed E-state index contributed by atoms with van der Waals surface area (Å²) in [6, 6.07) is 0. The number of ether oxygens (including phenoxy) is 1. The van der Waals surface area contributed by atoms with Crippen molar-refractivity contribution in [2.75, 3.05) is 26.4 Å². The number of hydrogen-bond acceptors (Lipinski definition) is 7. The highest BCUT2D eigenvalue weighted by molar-refractivity contribution is 5.74. The molecular weight excluding hydrogens is 568 g/mol. The zero-order valence-electron chi connectivity index (χ0n) is 28.3. The van der Waals surface area contributed by atoms with Crippen molar-refractivity contribution in [1.29, 1.82) is 0 Å². The van der Waals surface area contributed by atoms with Crippen molar-refractivity contribution in [2.45, 2.75) is 129 Å². The molecule has 254 valence electrons. The van der Waals surface area contributed by atoms with Gasteiger partial charge < -0.3 is 30.3 Å². The van der Waals surface area contributed by atoms with Crippen LogP contribution >= 0.6 is 0 Å². The Morgan fingerprint density at radius 2 is 1.82 bits per heavy atom. The summed E-state index contributed by atoms with van der Waals surface area (Å²) in [5.41, 5.74) is 4.71. The average molecular weight is 629 g/mol. The molecule has 0 aromatic heterocycles. The van der Waals surface area contributed by atoms with Gasteiger partial charge in [-0.3, -0.25) is 4.79 Å². The van der Waals surface area contributed by atoms with Gasteiger partial charge in [-0.15, -0.1) is 0 Å². The number of aliphatic hydroxyl groups is 5. The van der Waals surface area contributed by atoms with Gasteiger partial charge in [0.05, 0.1) is 31.5 Å². The fourth-order valence-corrected chi connectivity index (χ4v) is 8.29. The molecule has 7 heteroatoms. The number of hydrogen-bond donors (Lipinski definition) is 5. The second-order valence-corrected chi connectivity index (χ2v) is 14.1. The molecule has 6 unspecified atom stereocenters. The van der Waals surface area contributed by atoms with Crippen molar-refractivity contribution in [2.24, 2.45) is 17.3 Å². The topological polar surface area (TPSA) is 127 Å². The lowest BCUT2D eigenvalue weighted by atomic mass is 9.52. The van der Waals surface area contributed by atoms with Crippen LogP contribution in [0.1, 0.15) is 111 Å². The maximum atomic E-state index is 12.3. The van der Waals surface area contributed by atoms with E-state index < -0.39 is 29.8 Å². The van der Waals surface area contributed by atoms with Gasteiger partial charge in [-0.1, -0.05) is 47.4 Å². The summed E-state index contributed by atoms with van der Waals surface area (Å²) in [7, 11) is 0. The van der Waals surface area contributed by atoms with Gasteiger partial charge >= 0.3 is 0 Å². The van der Waals surface area contributed by atoms with Gasteiger partial charge in [0, 0.05) is 17.9 Å². The van der Waals surface area contributed by atoms with Gasteiger partial charge in [0.25, 0.3) is 0 Å². The summed E-state index contributed by atoms with van der Waals surface area (Å²) in [4.78, 5) is 11.9. The second-order valence-electron chi connectivity index (χ2n) is 14.1. The van der Waals surface area contributed by atoms with E-state index in [-0.39, 0.29) is 31.7 Å². The molecule has 3 rings (SSSR count). The molecule has 0 amide bonds. The van der Waals surface area contributed by atoms with Gasteiger partial charge in [0.2, 0.25) is 0 Å². The summed E-state index contributed by atoms with van der Waals surface area (Å²) in [6.45, 7) is 7.67. The van der Waals surface area contributed by atoms with Gasteiger partial charge in [-0.05, 0) is 127 Å². The van der Waals surface area contributed by atoms with Gasteiger partial charge in [0.15, 0.2) is 0 Å². The molecule has 3 aliphatic carbocycles. The molecule has 0 radical (unpaired) electrons. The molecule has 1 spiro atoms. The Morgan fingerprint density at radius 3 is 2.47 bits per heavy atom. The molecule has 0 aliphatic heterocycles. The maximum Gasteiger partial charge on any atom is 0.145 e. The molecule has 0 heterocycles. The van der Waals surface area contributed by atoms with Crippen molar-refractivity contribution < 1.29 is 35.1 Å². The number of aliphatic hydroxyl groups excluding tert-OH is 4. The standard InChI is InChI=1S/C38H60O7/c1-27(2)11-8-14-30(29-12-6-5-7-13-29)15-9-16-31(25-45-26-32(42)24-41)34-19-21-38(36(34)43)35(17-10-22-39)33(28(3)23-40)18-20-37(38,4)44/h9,11,15-16,23,32,34-36,39,41-44H,5-8,10,12-14,17-22,24-26H2,1-4H3. The smallest absolute Gasteiger partial charge is 0.145 e. The highest BCUT2D eigenvalue weighted by Crippen LogP contribution is 2.63. The van der Waals surface area contributed by atoms with E-state index in [1.165, 1.54) is 36.0 Å². The van der Waals surface area contributed by atoms with Crippen molar-refractivity contribution >= 4 is 6.29 Å². The fraction of sp³-hybridized carbons (Fsp3) is 0.711. The predicted molar refractivity (Wildman–Crippen MR) is 180 cm³/mol. The first-order valence-electron chi connectivity index (χ1n) is 17.3. The van der Waals surface area contributed by atoms with Crippen LogP contribution in [0.3, 0.4) is 0 Å². The minimum atomic E-state index is -1.16. The van der Waals surface area contributed by atoms with Crippen LogP contribution in [0.15, 0.2) is 57.7 Å². The lowest BCUT2D eigenvalue weighted by Crippen LogP contribution is -2.59. The SMILES string of the molecule is CC(C)=CCCC(C=CC=C(COCC(O)CO)C1CCC2(C(CCCO)C(=C(C)C=O)CCC2(C)O)C1O)=C1CCCCC1.